The van der Waals surface area contributed by atoms with Crippen LogP contribution in [0.2, 0.25) is 0 Å². The van der Waals surface area contributed by atoms with Crippen molar-refractivity contribution in [2.45, 2.75) is 51.4 Å². The van der Waals surface area contributed by atoms with Gasteiger partial charge >= 0.3 is 0 Å². The van der Waals surface area contributed by atoms with Crippen LogP contribution >= 0.6 is 0 Å². The Bertz CT molecular complexity index is 771. The van der Waals surface area contributed by atoms with Crippen molar-refractivity contribution < 1.29 is 14.3 Å². The highest BCUT2D eigenvalue weighted by Gasteiger charge is 2.35. The van der Waals surface area contributed by atoms with Gasteiger partial charge in [0.1, 0.15) is 18.2 Å². The number of nitrogens with one attached hydrogen (secondary N) is 1. The molecule has 0 saturated heterocycles. The van der Waals surface area contributed by atoms with E-state index in [1.807, 2.05) is 23.4 Å². The highest BCUT2D eigenvalue weighted by molar-refractivity contribution is 5.78. The molecule has 0 aliphatic heterocycles. The third-order valence-electron chi connectivity index (χ3n) is 4.96. The van der Waals surface area contributed by atoms with Gasteiger partial charge in [0.05, 0.1) is 6.54 Å². The SMILES string of the molecule is CCn1c(CO)nnc1C1CC(NC(=O)CN(C)Cc2ccc(F)cc2)C1. The number of carbonyl (C=O) groups is 1. The van der Waals surface area contributed by atoms with Crippen LogP contribution in [-0.4, -0.2) is 50.3 Å². The number of hydrogen-bond donors (Lipinski definition) is 2. The number of likely N-dealkylation sites (N-methyl/N-ethyl adjacent to an activating group) is 1. The maximum absolute atomic E-state index is 12.9. The number of aliphatic hydroxyl groups excluding tert-OH is 1. The summed E-state index contributed by atoms with van der Waals surface area (Å²) in [6.07, 6.45) is 1.66. The molecule has 1 saturated carbocycles. The van der Waals surface area contributed by atoms with Gasteiger partial charge in [-0.1, -0.05) is 12.1 Å². The van der Waals surface area contributed by atoms with E-state index >= 15 is 0 Å². The van der Waals surface area contributed by atoms with E-state index in [9.17, 15) is 14.3 Å². The lowest BCUT2D eigenvalue weighted by Crippen LogP contribution is -2.47. The van der Waals surface area contributed by atoms with Crippen LogP contribution in [0.1, 0.15) is 42.9 Å². The van der Waals surface area contributed by atoms with Gasteiger partial charge in [0, 0.05) is 25.0 Å². The fourth-order valence-corrected chi connectivity index (χ4v) is 3.54. The van der Waals surface area contributed by atoms with Crippen molar-refractivity contribution in [2.24, 2.45) is 0 Å². The van der Waals surface area contributed by atoms with Crippen LogP contribution in [0.15, 0.2) is 24.3 Å². The zero-order chi connectivity index (χ0) is 19.4. The summed E-state index contributed by atoms with van der Waals surface area (Å²) >= 11 is 0. The number of aliphatic hydroxyl groups is 1. The molecule has 146 valence electrons. The fourth-order valence-electron chi connectivity index (χ4n) is 3.54. The number of halogens is 1. The van der Waals surface area contributed by atoms with E-state index in [2.05, 4.69) is 15.5 Å². The Balaban J connectivity index is 1.43. The zero-order valence-electron chi connectivity index (χ0n) is 15.7. The van der Waals surface area contributed by atoms with E-state index in [4.69, 9.17) is 0 Å². The second kappa shape index (κ2) is 8.58. The van der Waals surface area contributed by atoms with Crippen LogP contribution < -0.4 is 5.32 Å². The molecular weight excluding hydrogens is 349 g/mol. The van der Waals surface area contributed by atoms with E-state index in [-0.39, 0.29) is 30.3 Å². The molecule has 1 fully saturated rings. The summed E-state index contributed by atoms with van der Waals surface area (Å²) in [4.78, 5) is 14.1. The monoisotopic (exact) mass is 375 g/mol. The first-order valence-corrected chi connectivity index (χ1v) is 9.25. The summed E-state index contributed by atoms with van der Waals surface area (Å²) in [7, 11) is 1.87. The van der Waals surface area contributed by atoms with E-state index in [1.54, 1.807) is 12.1 Å². The molecule has 1 aliphatic rings. The molecule has 27 heavy (non-hydrogen) atoms. The number of benzene rings is 1. The van der Waals surface area contributed by atoms with E-state index in [0.717, 1.165) is 30.8 Å². The molecule has 1 amide bonds. The van der Waals surface area contributed by atoms with Crippen LogP contribution in [0.3, 0.4) is 0 Å². The molecule has 0 radical (unpaired) electrons. The van der Waals surface area contributed by atoms with Crippen molar-refractivity contribution in [2.75, 3.05) is 13.6 Å². The van der Waals surface area contributed by atoms with Crippen molar-refractivity contribution >= 4 is 5.91 Å². The third-order valence-corrected chi connectivity index (χ3v) is 4.96. The Kier molecular flexibility index (Phi) is 6.18. The molecule has 0 atom stereocenters. The lowest BCUT2D eigenvalue weighted by molar-refractivity contribution is -0.123. The smallest absolute Gasteiger partial charge is 0.234 e. The Morgan fingerprint density at radius 1 is 1.33 bits per heavy atom. The van der Waals surface area contributed by atoms with Crippen LogP contribution in [0.25, 0.3) is 0 Å². The number of carbonyl (C=O) groups excluding carboxylic acids is 1. The molecule has 1 aromatic heterocycles. The first-order chi connectivity index (χ1) is 13.0. The quantitative estimate of drug-likeness (QED) is 0.729. The molecule has 3 rings (SSSR count). The maximum Gasteiger partial charge on any atom is 0.234 e. The zero-order valence-corrected chi connectivity index (χ0v) is 15.7. The van der Waals surface area contributed by atoms with E-state index < -0.39 is 0 Å². The molecule has 0 unspecified atom stereocenters. The minimum absolute atomic E-state index is 0.0175. The Morgan fingerprint density at radius 2 is 2.04 bits per heavy atom. The lowest BCUT2D eigenvalue weighted by atomic mass is 9.79. The topological polar surface area (TPSA) is 83.3 Å². The summed E-state index contributed by atoms with van der Waals surface area (Å²) in [6, 6.07) is 6.45. The molecular formula is C19H26FN5O2. The number of rotatable bonds is 8. The predicted molar refractivity (Wildman–Crippen MR) is 98.3 cm³/mol. The van der Waals surface area contributed by atoms with Crippen molar-refractivity contribution in [3.8, 4) is 0 Å². The number of aromatic nitrogens is 3. The van der Waals surface area contributed by atoms with Crippen LogP contribution in [0, 0.1) is 5.82 Å². The fraction of sp³-hybridized carbons (Fsp3) is 0.526. The average molecular weight is 375 g/mol. The Labute approximate surface area is 158 Å². The molecule has 1 aromatic carbocycles. The summed E-state index contributed by atoms with van der Waals surface area (Å²) in [6.45, 7) is 3.48. The first-order valence-electron chi connectivity index (χ1n) is 9.25. The Hall–Kier alpha value is -2.32. The van der Waals surface area contributed by atoms with Crippen LogP contribution in [-0.2, 0) is 24.5 Å². The largest absolute Gasteiger partial charge is 0.388 e. The lowest BCUT2D eigenvalue weighted by Gasteiger charge is -2.35. The van der Waals surface area contributed by atoms with Gasteiger partial charge in [0.15, 0.2) is 5.82 Å². The van der Waals surface area contributed by atoms with Crippen LogP contribution in [0.4, 0.5) is 4.39 Å². The Morgan fingerprint density at radius 3 is 2.67 bits per heavy atom. The second-order valence-corrected chi connectivity index (χ2v) is 7.11. The van der Waals surface area contributed by atoms with Crippen molar-refractivity contribution in [1.82, 2.24) is 25.0 Å². The molecule has 7 nitrogen and oxygen atoms in total. The van der Waals surface area contributed by atoms with Gasteiger partial charge in [-0.15, -0.1) is 10.2 Å². The first kappa shape index (κ1) is 19.4. The van der Waals surface area contributed by atoms with Crippen molar-refractivity contribution in [1.29, 1.82) is 0 Å². The molecule has 2 N–H and O–H groups in total. The van der Waals surface area contributed by atoms with E-state index in [0.29, 0.717) is 18.9 Å². The minimum atomic E-state index is -0.260. The average Bonchev–Trinajstić information content (AvgIpc) is 3.02. The van der Waals surface area contributed by atoms with Crippen molar-refractivity contribution in [3.05, 3.63) is 47.3 Å². The second-order valence-electron chi connectivity index (χ2n) is 7.11. The van der Waals surface area contributed by atoms with Gasteiger partial charge in [-0.05, 0) is 44.5 Å². The van der Waals surface area contributed by atoms with Gasteiger partial charge in [0.25, 0.3) is 0 Å². The minimum Gasteiger partial charge on any atom is -0.388 e. The molecule has 1 aliphatic carbocycles. The van der Waals surface area contributed by atoms with Crippen molar-refractivity contribution in [3.63, 3.8) is 0 Å². The standard InChI is InChI=1S/C19H26FN5O2/c1-3-25-17(12-26)22-23-19(25)14-8-16(9-14)21-18(27)11-24(2)10-13-4-6-15(20)7-5-13/h4-7,14,16,26H,3,8-12H2,1-2H3,(H,21,27). The van der Waals surface area contributed by atoms with Gasteiger partial charge < -0.3 is 15.0 Å². The number of amides is 1. The summed E-state index contributed by atoms with van der Waals surface area (Å²) in [5.41, 5.74) is 0.967. The van der Waals surface area contributed by atoms with Gasteiger partial charge in [-0.3, -0.25) is 9.69 Å². The predicted octanol–water partition coefficient (Wildman–Crippen LogP) is 1.42. The molecule has 1 heterocycles. The normalized spacial score (nSPS) is 19.1. The van der Waals surface area contributed by atoms with Crippen LogP contribution in [0.5, 0.6) is 0 Å². The highest BCUT2D eigenvalue weighted by atomic mass is 19.1. The number of nitrogens with zero attached hydrogens (tertiary/aromatic N) is 4. The number of hydrogen-bond acceptors (Lipinski definition) is 5. The summed E-state index contributed by atoms with van der Waals surface area (Å²) in [5.74, 6) is 1.46. The third kappa shape index (κ3) is 4.70. The maximum atomic E-state index is 12.9. The highest BCUT2D eigenvalue weighted by Crippen LogP contribution is 2.36. The molecule has 0 bridgehead atoms. The summed E-state index contributed by atoms with van der Waals surface area (Å²) in [5, 5.41) is 20.6. The van der Waals surface area contributed by atoms with Gasteiger partial charge in [-0.2, -0.15) is 0 Å². The van der Waals surface area contributed by atoms with Gasteiger partial charge in [-0.25, -0.2) is 4.39 Å². The van der Waals surface area contributed by atoms with E-state index in [1.165, 1.54) is 12.1 Å². The molecule has 0 spiro atoms. The molecule has 8 heteroatoms. The van der Waals surface area contributed by atoms with Gasteiger partial charge in [0.2, 0.25) is 5.91 Å². The molecule has 2 aromatic rings. The summed E-state index contributed by atoms with van der Waals surface area (Å²) < 4.78 is 14.9.